The fraction of sp³-hybridized carbons (Fsp3) is 0.188. The van der Waals surface area contributed by atoms with Crippen LogP contribution in [0.1, 0.15) is 12.0 Å². The maximum atomic E-state index is 12.2. The van der Waals surface area contributed by atoms with Gasteiger partial charge in [0, 0.05) is 23.7 Å². The highest BCUT2D eigenvalue weighted by Crippen LogP contribution is 2.20. The number of rotatable bonds is 4. The summed E-state index contributed by atoms with van der Waals surface area (Å²) in [6.07, 6.45) is 1.67. The summed E-state index contributed by atoms with van der Waals surface area (Å²) in [4.78, 5) is 29.2. The number of thiophene rings is 1. The van der Waals surface area contributed by atoms with Gasteiger partial charge in [0.25, 0.3) is 5.56 Å². The first-order chi connectivity index (χ1) is 11.0. The standard InChI is InChI=1S/C16H14ClN3O2S/c1-10-2-3-11(8-13(10)17)19-14(21)4-6-20-9-18-15-12(16(20)22)5-7-23-15/h2-3,5,7-9H,4,6H2,1H3,(H,19,21). The number of nitrogens with zero attached hydrogens (tertiary/aromatic N) is 2. The van der Waals surface area contributed by atoms with Crippen LogP contribution < -0.4 is 10.9 Å². The van der Waals surface area contributed by atoms with Crippen LogP contribution in [0.5, 0.6) is 0 Å². The number of aryl methyl sites for hydroxylation is 2. The highest BCUT2D eigenvalue weighted by Gasteiger charge is 2.08. The Bertz CT molecular complexity index is 932. The zero-order valence-corrected chi connectivity index (χ0v) is 13.9. The summed E-state index contributed by atoms with van der Waals surface area (Å²) in [5.41, 5.74) is 1.47. The maximum Gasteiger partial charge on any atom is 0.262 e. The van der Waals surface area contributed by atoms with Crippen molar-refractivity contribution in [3.63, 3.8) is 0 Å². The van der Waals surface area contributed by atoms with E-state index in [9.17, 15) is 9.59 Å². The number of anilines is 1. The molecule has 2 aromatic heterocycles. The molecule has 0 spiro atoms. The molecule has 1 aromatic carbocycles. The highest BCUT2D eigenvalue weighted by atomic mass is 35.5. The third-order valence-electron chi connectivity index (χ3n) is 3.49. The molecule has 3 aromatic rings. The van der Waals surface area contributed by atoms with E-state index in [0.717, 1.165) is 5.56 Å². The molecular weight excluding hydrogens is 334 g/mol. The van der Waals surface area contributed by atoms with Crippen molar-refractivity contribution < 1.29 is 4.79 Å². The number of benzene rings is 1. The molecule has 0 bridgehead atoms. The molecule has 1 amide bonds. The smallest absolute Gasteiger partial charge is 0.262 e. The van der Waals surface area contributed by atoms with Gasteiger partial charge in [-0.05, 0) is 36.1 Å². The summed E-state index contributed by atoms with van der Waals surface area (Å²) in [6, 6.07) is 7.10. The number of halogens is 1. The van der Waals surface area contributed by atoms with E-state index in [0.29, 0.717) is 20.9 Å². The van der Waals surface area contributed by atoms with Gasteiger partial charge in [0.05, 0.1) is 11.7 Å². The number of amides is 1. The summed E-state index contributed by atoms with van der Waals surface area (Å²) < 4.78 is 1.46. The maximum absolute atomic E-state index is 12.2. The van der Waals surface area contributed by atoms with Crippen molar-refractivity contribution in [2.24, 2.45) is 0 Å². The molecule has 0 fully saturated rings. The largest absolute Gasteiger partial charge is 0.326 e. The Morgan fingerprint density at radius 3 is 3.00 bits per heavy atom. The van der Waals surface area contributed by atoms with Gasteiger partial charge in [-0.25, -0.2) is 4.98 Å². The summed E-state index contributed by atoms with van der Waals surface area (Å²) in [7, 11) is 0. The van der Waals surface area contributed by atoms with E-state index in [2.05, 4.69) is 10.3 Å². The monoisotopic (exact) mass is 347 g/mol. The Balaban J connectivity index is 1.67. The van der Waals surface area contributed by atoms with Crippen LogP contribution in [0.4, 0.5) is 5.69 Å². The molecule has 7 heteroatoms. The van der Waals surface area contributed by atoms with Crippen LogP contribution in [-0.4, -0.2) is 15.5 Å². The number of hydrogen-bond donors (Lipinski definition) is 1. The summed E-state index contributed by atoms with van der Waals surface area (Å²) in [5, 5.41) is 5.79. The van der Waals surface area contributed by atoms with E-state index >= 15 is 0 Å². The van der Waals surface area contributed by atoms with Gasteiger partial charge in [-0.15, -0.1) is 11.3 Å². The Labute approximate surface area is 141 Å². The molecule has 5 nitrogen and oxygen atoms in total. The minimum atomic E-state index is -0.178. The first-order valence-electron chi connectivity index (χ1n) is 7.03. The third-order valence-corrected chi connectivity index (χ3v) is 4.71. The van der Waals surface area contributed by atoms with E-state index in [1.54, 1.807) is 18.2 Å². The molecule has 0 unspecified atom stereocenters. The molecule has 0 aliphatic rings. The van der Waals surface area contributed by atoms with Crippen LogP contribution >= 0.6 is 22.9 Å². The summed E-state index contributed by atoms with van der Waals surface area (Å²) in [5.74, 6) is -0.178. The molecule has 1 N–H and O–H groups in total. The first-order valence-corrected chi connectivity index (χ1v) is 8.29. The predicted molar refractivity (Wildman–Crippen MR) is 93.3 cm³/mol. The van der Waals surface area contributed by atoms with E-state index in [1.807, 2.05) is 18.4 Å². The highest BCUT2D eigenvalue weighted by molar-refractivity contribution is 7.16. The van der Waals surface area contributed by atoms with Crippen molar-refractivity contribution in [1.29, 1.82) is 0 Å². The van der Waals surface area contributed by atoms with E-state index in [-0.39, 0.29) is 24.4 Å². The quantitative estimate of drug-likeness (QED) is 0.786. The number of nitrogens with one attached hydrogen (secondary N) is 1. The average Bonchev–Trinajstić information content (AvgIpc) is 3.00. The van der Waals surface area contributed by atoms with E-state index in [4.69, 9.17) is 11.6 Å². The van der Waals surface area contributed by atoms with Gasteiger partial charge < -0.3 is 5.32 Å². The Kier molecular flexibility index (Phi) is 4.45. The molecule has 118 valence electrons. The van der Waals surface area contributed by atoms with Gasteiger partial charge in [0.1, 0.15) is 4.83 Å². The number of aromatic nitrogens is 2. The van der Waals surface area contributed by atoms with Gasteiger partial charge in [-0.3, -0.25) is 14.2 Å². The zero-order chi connectivity index (χ0) is 16.4. The Morgan fingerprint density at radius 1 is 1.39 bits per heavy atom. The topological polar surface area (TPSA) is 64.0 Å². The van der Waals surface area contributed by atoms with Gasteiger partial charge in [0.15, 0.2) is 0 Å². The van der Waals surface area contributed by atoms with Crippen LogP contribution in [0.3, 0.4) is 0 Å². The van der Waals surface area contributed by atoms with Crippen molar-refractivity contribution in [1.82, 2.24) is 9.55 Å². The second kappa shape index (κ2) is 6.52. The lowest BCUT2D eigenvalue weighted by Crippen LogP contribution is -2.23. The lowest BCUT2D eigenvalue weighted by atomic mass is 10.2. The molecule has 23 heavy (non-hydrogen) atoms. The number of fused-ring (bicyclic) bond motifs is 1. The fourth-order valence-electron chi connectivity index (χ4n) is 2.17. The van der Waals surface area contributed by atoms with Crippen LogP contribution in [0, 0.1) is 6.92 Å². The number of carbonyl (C=O) groups is 1. The van der Waals surface area contributed by atoms with E-state index < -0.39 is 0 Å². The molecule has 0 saturated heterocycles. The molecule has 0 aliphatic heterocycles. The minimum Gasteiger partial charge on any atom is -0.326 e. The van der Waals surface area contributed by atoms with Gasteiger partial charge >= 0.3 is 0 Å². The Hall–Kier alpha value is -2.18. The molecule has 0 atom stereocenters. The molecule has 0 radical (unpaired) electrons. The first kappa shape index (κ1) is 15.7. The zero-order valence-electron chi connectivity index (χ0n) is 12.4. The van der Waals surface area contributed by atoms with Gasteiger partial charge in [0.2, 0.25) is 5.91 Å². The summed E-state index contributed by atoms with van der Waals surface area (Å²) >= 11 is 7.45. The fourth-order valence-corrected chi connectivity index (χ4v) is 3.07. The third kappa shape index (κ3) is 3.43. The van der Waals surface area contributed by atoms with Crippen molar-refractivity contribution in [3.8, 4) is 0 Å². The van der Waals surface area contributed by atoms with Crippen LogP contribution in [0.2, 0.25) is 5.02 Å². The van der Waals surface area contributed by atoms with Gasteiger partial charge in [-0.2, -0.15) is 0 Å². The van der Waals surface area contributed by atoms with Crippen LogP contribution in [-0.2, 0) is 11.3 Å². The van der Waals surface area contributed by atoms with Crippen LogP contribution in [0.25, 0.3) is 10.2 Å². The average molecular weight is 348 g/mol. The SMILES string of the molecule is Cc1ccc(NC(=O)CCn2cnc3sccc3c2=O)cc1Cl. The van der Waals surface area contributed by atoms with Crippen molar-refractivity contribution in [2.45, 2.75) is 19.9 Å². The van der Waals surface area contributed by atoms with Gasteiger partial charge in [-0.1, -0.05) is 17.7 Å². The van der Waals surface area contributed by atoms with Crippen LogP contribution in [0.15, 0.2) is 40.8 Å². The van der Waals surface area contributed by atoms with Crippen molar-refractivity contribution in [2.75, 3.05) is 5.32 Å². The molecular formula is C16H14ClN3O2S. The lowest BCUT2D eigenvalue weighted by molar-refractivity contribution is -0.116. The lowest BCUT2D eigenvalue weighted by Gasteiger charge is -2.08. The Morgan fingerprint density at radius 2 is 2.22 bits per heavy atom. The molecule has 0 saturated carbocycles. The molecule has 2 heterocycles. The number of carbonyl (C=O) groups excluding carboxylic acids is 1. The second-order valence-electron chi connectivity index (χ2n) is 5.14. The second-order valence-corrected chi connectivity index (χ2v) is 6.45. The van der Waals surface area contributed by atoms with Crippen molar-refractivity contribution in [3.05, 3.63) is 56.9 Å². The predicted octanol–water partition coefficient (Wildman–Crippen LogP) is 3.45. The minimum absolute atomic E-state index is 0.123. The van der Waals surface area contributed by atoms with E-state index in [1.165, 1.54) is 22.2 Å². The molecule has 0 aliphatic carbocycles. The van der Waals surface area contributed by atoms with Crippen molar-refractivity contribution >= 4 is 44.7 Å². The normalized spacial score (nSPS) is 10.9. The number of hydrogen-bond acceptors (Lipinski definition) is 4. The summed E-state index contributed by atoms with van der Waals surface area (Å²) in [6.45, 7) is 2.18. The molecule has 3 rings (SSSR count).